The van der Waals surface area contributed by atoms with E-state index < -0.39 is 5.60 Å². The number of carbonyl (C=O) groups excluding carboxylic acids is 1. The fraction of sp³-hybridized carbons (Fsp3) is 0.929. The normalized spacial score (nSPS) is 25.4. The number of amides is 1. The van der Waals surface area contributed by atoms with Crippen molar-refractivity contribution in [1.29, 1.82) is 0 Å². The second-order valence-corrected chi connectivity index (χ2v) is 6.77. The number of rotatable bonds is 2. The van der Waals surface area contributed by atoms with Crippen molar-refractivity contribution in [2.24, 2.45) is 17.6 Å². The maximum absolute atomic E-state index is 11.9. The van der Waals surface area contributed by atoms with E-state index in [1.807, 2.05) is 20.8 Å². The molecule has 106 valence electrons. The second kappa shape index (κ2) is 5.91. The first-order valence-corrected chi connectivity index (χ1v) is 6.92. The fourth-order valence-corrected chi connectivity index (χ4v) is 2.42. The topological polar surface area (TPSA) is 55.6 Å². The van der Waals surface area contributed by atoms with Crippen molar-refractivity contribution in [3.05, 3.63) is 0 Å². The Morgan fingerprint density at radius 3 is 2.50 bits per heavy atom. The van der Waals surface area contributed by atoms with Crippen LogP contribution in [-0.2, 0) is 4.74 Å². The molecule has 0 aromatic rings. The molecule has 0 spiro atoms. The van der Waals surface area contributed by atoms with Crippen LogP contribution in [0.3, 0.4) is 0 Å². The lowest BCUT2D eigenvalue weighted by Crippen LogP contribution is -2.51. The van der Waals surface area contributed by atoms with Crippen LogP contribution in [0.15, 0.2) is 0 Å². The molecular weight excluding hydrogens is 228 g/mol. The predicted molar refractivity (Wildman–Crippen MR) is 73.3 cm³/mol. The monoisotopic (exact) mass is 256 g/mol. The van der Waals surface area contributed by atoms with E-state index >= 15 is 0 Å². The Morgan fingerprint density at radius 1 is 1.44 bits per heavy atom. The second-order valence-electron chi connectivity index (χ2n) is 6.77. The van der Waals surface area contributed by atoms with Crippen LogP contribution < -0.4 is 5.73 Å². The molecule has 0 aromatic heterocycles. The maximum atomic E-state index is 11.9. The van der Waals surface area contributed by atoms with Crippen LogP contribution in [0.1, 0.15) is 47.5 Å². The molecule has 1 fully saturated rings. The molecule has 0 radical (unpaired) electrons. The zero-order valence-corrected chi connectivity index (χ0v) is 12.4. The zero-order chi connectivity index (χ0) is 13.9. The summed E-state index contributed by atoms with van der Waals surface area (Å²) in [6.45, 7) is 11.5. The summed E-state index contributed by atoms with van der Waals surface area (Å²) < 4.78 is 5.37. The van der Waals surface area contributed by atoms with Gasteiger partial charge in [-0.3, -0.25) is 0 Å². The van der Waals surface area contributed by atoms with Gasteiger partial charge in [-0.05, 0) is 45.4 Å². The largest absolute Gasteiger partial charge is 0.444 e. The third-order valence-corrected chi connectivity index (χ3v) is 3.23. The number of piperidine rings is 1. The number of nitrogens with zero attached hydrogens (tertiary/aromatic N) is 1. The summed E-state index contributed by atoms with van der Waals surface area (Å²) in [5, 5.41) is 0. The number of carbonyl (C=O) groups is 1. The van der Waals surface area contributed by atoms with Crippen LogP contribution in [0.4, 0.5) is 4.79 Å². The van der Waals surface area contributed by atoms with Crippen LogP contribution in [0, 0.1) is 11.8 Å². The lowest BCUT2D eigenvalue weighted by atomic mass is 9.85. The van der Waals surface area contributed by atoms with Gasteiger partial charge in [-0.1, -0.05) is 13.8 Å². The molecular formula is C14H28N2O2. The smallest absolute Gasteiger partial charge is 0.410 e. The Bertz CT molecular complexity index is 284. The molecule has 18 heavy (non-hydrogen) atoms. The highest BCUT2D eigenvalue weighted by Gasteiger charge is 2.31. The van der Waals surface area contributed by atoms with Gasteiger partial charge >= 0.3 is 6.09 Å². The first-order chi connectivity index (χ1) is 8.19. The van der Waals surface area contributed by atoms with Crippen molar-refractivity contribution < 1.29 is 9.53 Å². The number of nitrogens with two attached hydrogens (primary N) is 1. The number of likely N-dealkylation sites (tertiary alicyclic amines) is 1. The highest BCUT2D eigenvalue weighted by molar-refractivity contribution is 5.68. The molecule has 0 saturated carbocycles. The standard InChI is InChI=1S/C14H28N2O2/c1-10(2)8-11-6-7-16(9-12(11)15)13(17)18-14(3,4)5/h10-12H,6-9,15H2,1-5H3. The summed E-state index contributed by atoms with van der Waals surface area (Å²) >= 11 is 0. The van der Waals surface area contributed by atoms with Gasteiger partial charge in [0.05, 0.1) is 0 Å². The minimum Gasteiger partial charge on any atom is -0.444 e. The van der Waals surface area contributed by atoms with Crippen molar-refractivity contribution in [3.8, 4) is 0 Å². The SMILES string of the molecule is CC(C)CC1CCN(C(=O)OC(C)(C)C)CC1N. The molecule has 1 heterocycles. The summed E-state index contributed by atoms with van der Waals surface area (Å²) in [5.74, 6) is 1.19. The van der Waals surface area contributed by atoms with E-state index in [1.54, 1.807) is 4.90 Å². The molecule has 1 aliphatic rings. The Labute approximate surface area is 111 Å². The van der Waals surface area contributed by atoms with E-state index in [0.29, 0.717) is 18.4 Å². The van der Waals surface area contributed by atoms with E-state index in [4.69, 9.17) is 10.5 Å². The predicted octanol–water partition coefficient (Wildman–Crippen LogP) is 2.62. The van der Waals surface area contributed by atoms with Gasteiger partial charge in [0, 0.05) is 19.1 Å². The Balaban J connectivity index is 2.48. The first kappa shape index (κ1) is 15.3. The Hall–Kier alpha value is -0.770. The molecule has 4 nitrogen and oxygen atoms in total. The molecule has 2 atom stereocenters. The van der Waals surface area contributed by atoms with E-state index in [1.165, 1.54) is 0 Å². The van der Waals surface area contributed by atoms with Crippen molar-refractivity contribution in [3.63, 3.8) is 0 Å². The van der Waals surface area contributed by atoms with E-state index in [9.17, 15) is 4.79 Å². The summed E-state index contributed by atoms with van der Waals surface area (Å²) in [7, 11) is 0. The van der Waals surface area contributed by atoms with E-state index in [0.717, 1.165) is 19.4 Å². The highest BCUT2D eigenvalue weighted by atomic mass is 16.6. The third-order valence-electron chi connectivity index (χ3n) is 3.23. The lowest BCUT2D eigenvalue weighted by molar-refractivity contribution is 0.0151. The van der Waals surface area contributed by atoms with Crippen LogP contribution in [0.5, 0.6) is 0 Å². The van der Waals surface area contributed by atoms with Crippen molar-refractivity contribution in [2.75, 3.05) is 13.1 Å². The molecule has 0 aromatic carbocycles. The number of hydrogen-bond donors (Lipinski definition) is 1. The van der Waals surface area contributed by atoms with Gasteiger partial charge in [0.25, 0.3) is 0 Å². The van der Waals surface area contributed by atoms with Crippen LogP contribution in [0.25, 0.3) is 0 Å². The lowest BCUT2D eigenvalue weighted by Gasteiger charge is -2.38. The van der Waals surface area contributed by atoms with Gasteiger partial charge in [-0.2, -0.15) is 0 Å². The molecule has 0 bridgehead atoms. The Kier molecular flexibility index (Phi) is 5.02. The highest BCUT2D eigenvalue weighted by Crippen LogP contribution is 2.24. The zero-order valence-electron chi connectivity index (χ0n) is 12.4. The minimum atomic E-state index is -0.435. The molecule has 2 unspecified atom stereocenters. The third kappa shape index (κ3) is 4.84. The first-order valence-electron chi connectivity index (χ1n) is 6.92. The van der Waals surface area contributed by atoms with Gasteiger partial charge in [-0.25, -0.2) is 4.79 Å². The van der Waals surface area contributed by atoms with E-state index in [2.05, 4.69) is 13.8 Å². The molecule has 1 aliphatic heterocycles. The molecule has 4 heteroatoms. The van der Waals surface area contributed by atoms with Crippen LogP contribution in [-0.4, -0.2) is 35.7 Å². The van der Waals surface area contributed by atoms with Gasteiger partial charge in [0.1, 0.15) is 5.60 Å². The van der Waals surface area contributed by atoms with Crippen LogP contribution >= 0.6 is 0 Å². The van der Waals surface area contributed by atoms with Crippen molar-refractivity contribution in [2.45, 2.75) is 59.1 Å². The van der Waals surface area contributed by atoms with Gasteiger partial charge < -0.3 is 15.4 Å². The van der Waals surface area contributed by atoms with Crippen LogP contribution in [0.2, 0.25) is 0 Å². The molecule has 2 N–H and O–H groups in total. The number of ether oxygens (including phenoxy) is 1. The minimum absolute atomic E-state index is 0.0775. The van der Waals surface area contributed by atoms with Gasteiger partial charge in [-0.15, -0.1) is 0 Å². The maximum Gasteiger partial charge on any atom is 0.410 e. The number of hydrogen-bond acceptors (Lipinski definition) is 3. The summed E-state index contributed by atoms with van der Waals surface area (Å²) in [6, 6.07) is 0.0775. The summed E-state index contributed by atoms with van der Waals surface area (Å²) in [5.41, 5.74) is 5.74. The van der Waals surface area contributed by atoms with Crippen molar-refractivity contribution in [1.82, 2.24) is 4.90 Å². The molecule has 1 rings (SSSR count). The Morgan fingerprint density at radius 2 is 2.06 bits per heavy atom. The summed E-state index contributed by atoms with van der Waals surface area (Å²) in [4.78, 5) is 13.7. The average Bonchev–Trinajstić information content (AvgIpc) is 2.17. The van der Waals surface area contributed by atoms with E-state index in [-0.39, 0.29) is 12.1 Å². The molecule has 1 amide bonds. The van der Waals surface area contributed by atoms with Gasteiger partial charge in [0.2, 0.25) is 0 Å². The van der Waals surface area contributed by atoms with Gasteiger partial charge in [0.15, 0.2) is 0 Å². The van der Waals surface area contributed by atoms with Crippen molar-refractivity contribution >= 4 is 6.09 Å². The quantitative estimate of drug-likeness (QED) is 0.826. The molecule has 1 saturated heterocycles. The molecule has 0 aliphatic carbocycles. The fourth-order valence-electron chi connectivity index (χ4n) is 2.42. The summed E-state index contributed by atoms with van der Waals surface area (Å²) in [6.07, 6.45) is 1.89. The average molecular weight is 256 g/mol.